The maximum absolute atomic E-state index is 12.8. The van der Waals surface area contributed by atoms with Crippen molar-refractivity contribution in [2.75, 3.05) is 19.6 Å². The van der Waals surface area contributed by atoms with E-state index in [4.69, 9.17) is 5.73 Å². The van der Waals surface area contributed by atoms with E-state index >= 15 is 0 Å². The Bertz CT molecular complexity index is 360. The van der Waals surface area contributed by atoms with Gasteiger partial charge in [0, 0.05) is 37.1 Å². The molecule has 2 heterocycles. The highest BCUT2D eigenvalue weighted by atomic mass is 16.2. The highest BCUT2D eigenvalue weighted by Crippen LogP contribution is 2.29. The summed E-state index contributed by atoms with van der Waals surface area (Å²) in [6.07, 6.45) is 8.08. The summed E-state index contributed by atoms with van der Waals surface area (Å²) < 4.78 is 0. The van der Waals surface area contributed by atoms with E-state index < -0.39 is 0 Å². The molecule has 3 fully saturated rings. The second kappa shape index (κ2) is 6.02. The van der Waals surface area contributed by atoms with E-state index in [0.717, 1.165) is 38.8 Å². The Balaban J connectivity index is 1.64. The molecule has 4 nitrogen and oxygen atoms in total. The lowest BCUT2D eigenvalue weighted by Gasteiger charge is -2.48. The van der Waals surface area contributed by atoms with E-state index in [-0.39, 0.29) is 12.0 Å². The lowest BCUT2D eigenvalue weighted by atomic mass is 9.84. The fourth-order valence-corrected chi connectivity index (χ4v) is 4.35. The monoisotopic (exact) mass is 279 g/mol. The van der Waals surface area contributed by atoms with Gasteiger partial charge in [-0.05, 0) is 45.6 Å². The molecular formula is C16H29N3O. The van der Waals surface area contributed by atoms with Crippen molar-refractivity contribution in [3.8, 4) is 0 Å². The fourth-order valence-electron chi connectivity index (χ4n) is 4.35. The Hall–Kier alpha value is -0.610. The van der Waals surface area contributed by atoms with Crippen LogP contribution in [0, 0.1) is 5.92 Å². The molecule has 3 rings (SSSR count). The quantitative estimate of drug-likeness (QED) is 0.793. The van der Waals surface area contributed by atoms with Crippen LogP contribution in [-0.4, -0.2) is 53.5 Å². The Morgan fingerprint density at radius 2 is 1.95 bits per heavy atom. The third-order valence-electron chi connectivity index (χ3n) is 5.53. The summed E-state index contributed by atoms with van der Waals surface area (Å²) in [6, 6.07) is 1.22. The van der Waals surface area contributed by atoms with Crippen molar-refractivity contribution in [2.24, 2.45) is 11.7 Å². The maximum Gasteiger partial charge on any atom is 0.226 e. The van der Waals surface area contributed by atoms with Crippen molar-refractivity contribution in [1.29, 1.82) is 0 Å². The topological polar surface area (TPSA) is 49.6 Å². The van der Waals surface area contributed by atoms with Gasteiger partial charge in [0.25, 0.3) is 0 Å². The molecule has 2 saturated heterocycles. The molecule has 0 radical (unpaired) electrons. The normalized spacial score (nSPS) is 39.4. The number of nitrogens with zero attached hydrogens (tertiary/aromatic N) is 2. The van der Waals surface area contributed by atoms with Gasteiger partial charge >= 0.3 is 0 Å². The van der Waals surface area contributed by atoms with E-state index in [1.165, 1.54) is 25.8 Å². The van der Waals surface area contributed by atoms with Gasteiger partial charge in [-0.15, -0.1) is 0 Å². The van der Waals surface area contributed by atoms with Gasteiger partial charge in [0.2, 0.25) is 5.91 Å². The molecule has 2 N–H and O–H groups in total. The van der Waals surface area contributed by atoms with Crippen LogP contribution >= 0.6 is 0 Å². The third kappa shape index (κ3) is 2.86. The van der Waals surface area contributed by atoms with E-state index in [2.05, 4.69) is 16.7 Å². The lowest BCUT2D eigenvalue weighted by Crippen LogP contribution is -2.61. The standard InChI is InChI=1S/C16H29N3O/c1-12-10-18-8-3-2-7-15(18)11-19(12)16(20)13-5-4-6-14(17)9-13/h12-15H,2-11,17H2,1H3. The van der Waals surface area contributed by atoms with Gasteiger partial charge < -0.3 is 10.6 Å². The highest BCUT2D eigenvalue weighted by Gasteiger charge is 2.38. The minimum Gasteiger partial charge on any atom is -0.337 e. The zero-order valence-corrected chi connectivity index (χ0v) is 12.8. The van der Waals surface area contributed by atoms with Crippen LogP contribution in [0.25, 0.3) is 0 Å². The second-order valence-electron chi connectivity index (χ2n) is 7.11. The van der Waals surface area contributed by atoms with Crippen molar-refractivity contribution in [3.63, 3.8) is 0 Å². The van der Waals surface area contributed by atoms with Crippen LogP contribution in [0.2, 0.25) is 0 Å². The number of hydrogen-bond donors (Lipinski definition) is 1. The van der Waals surface area contributed by atoms with Gasteiger partial charge in [0.15, 0.2) is 0 Å². The molecule has 1 aliphatic carbocycles. The van der Waals surface area contributed by atoms with Gasteiger partial charge in [-0.25, -0.2) is 0 Å². The van der Waals surface area contributed by atoms with Crippen LogP contribution in [0.15, 0.2) is 0 Å². The molecule has 0 aromatic carbocycles. The lowest BCUT2D eigenvalue weighted by molar-refractivity contribution is -0.143. The van der Waals surface area contributed by atoms with Crippen molar-refractivity contribution < 1.29 is 4.79 Å². The van der Waals surface area contributed by atoms with Crippen molar-refractivity contribution >= 4 is 5.91 Å². The summed E-state index contributed by atoms with van der Waals surface area (Å²) in [7, 11) is 0. The first-order valence-electron chi connectivity index (χ1n) is 8.45. The molecule has 0 bridgehead atoms. The van der Waals surface area contributed by atoms with Gasteiger partial charge in [0.1, 0.15) is 0 Å². The van der Waals surface area contributed by atoms with E-state index in [9.17, 15) is 4.79 Å². The molecule has 0 spiro atoms. The molecule has 20 heavy (non-hydrogen) atoms. The summed E-state index contributed by atoms with van der Waals surface area (Å²) in [5.74, 6) is 0.578. The van der Waals surface area contributed by atoms with Crippen LogP contribution in [0.3, 0.4) is 0 Å². The minimum atomic E-state index is 0.191. The number of hydrogen-bond acceptors (Lipinski definition) is 3. The zero-order valence-electron chi connectivity index (χ0n) is 12.8. The first-order chi connectivity index (χ1) is 9.65. The average molecular weight is 279 g/mol. The molecule has 1 saturated carbocycles. The molecule has 0 aromatic rings. The van der Waals surface area contributed by atoms with Crippen LogP contribution in [-0.2, 0) is 4.79 Å². The Morgan fingerprint density at radius 1 is 1.10 bits per heavy atom. The number of amides is 1. The second-order valence-corrected chi connectivity index (χ2v) is 7.11. The summed E-state index contributed by atoms with van der Waals surface area (Å²) in [6.45, 7) is 5.46. The molecule has 3 aliphatic rings. The van der Waals surface area contributed by atoms with E-state index in [1.54, 1.807) is 0 Å². The molecule has 114 valence electrons. The van der Waals surface area contributed by atoms with Gasteiger partial charge in [-0.2, -0.15) is 0 Å². The minimum absolute atomic E-state index is 0.191. The van der Waals surface area contributed by atoms with Crippen LogP contribution in [0.4, 0.5) is 0 Å². The SMILES string of the molecule is CC1CN2CCCCC2CN1C(=O)C1CCCC(N)C1. The summed E-state index contributed by atoms with van der Waals surface area (Å²) in [4.78, 5) is 17.6. The van der Waals surface area contributed by atoms with Crippen molar-refractivity contribution in [2.45, 2.75) is 70.0 Å². The predicted molar refractivity (Wildman–Crippen MR) is 80.3 cm³/mol. The number of piperidine rings is 1. The Labute approximate surface area is 122 Å². The Kier molecular flexibility index (Phi) is 4.32. The summed E-state index contributed by atoms with van der Waals surface area (Å²) >= 11 is 0. The van der Waals surface area contributed by atoms with E-state index in [1.807, 2.05) is 0 Å². The maximum atomic E-state index is 12.8. The first-order valence-corrected chi connectivity index (χ1v) is 8.45. The number of fused-ring (bicyclic) bond motifs is 1. The summed E-state index contributed by atoms with van der Waals surface area (Å²) in [5, 5.41) is 0. The number of carbonyl (C=O) groups excluding carboxylic acids is 1. The largest absolute Gasteiger partial charge is 0.337 e. The molecule has 1 amide bonds. The van der Waals surface area contributed by atoms with Crippen LogP contribution < -0.4 is 5.73 Å². The number of piperazine rings is 1. The van der Waals surface area contributed by atoms with E-state index in [0.29, 0.717) is 18.0 Å². The molecule has 4 atom stereocenters. The highest BCUT2D eigenvalue weighted by molar-refractivity contribution is 5.79. The Morgan fingerprint density at radius 3 is 2.75 bits per heavy atom. The zero-order chi connectivity index (χ0) is 14.1. The van der Waals surface area contributed by atoms with Crippen LogP contribution in [0.1, 0.15) is 51.9 Å². The van der Waals surface area contributed by atoms with Crippen LogP contribution in [0.5, 0.6) is 0 Å². The van der Waals surface area contributed by atoms with Crippen molar-refractivity contribution in [1.82, 2.24) is 9.80 Å². The molecule has 2 aliphatic heterocycles. The average Bonchev–Trinajstić information content (AvgIpc) is 2.46. The number of rotatable bonds is 1. The molecule has 0 aromatic heterocycles. The fraction of sp³-hybridized carbons (Fsp3) is 0.938. The smallest absolute Gasteiger partial charge is 0.226 e. The third-order valence-corrected chi connectivity index (χ3v) is 5.53. The van der Waals surface area contributed by atoms with Gasteiger partial charge in [-0.3, -0.25) is 9.69 Å². The molecular weight excluding hydrogens is 250 g/mol. The summed E-state index contributed by atoms with van der Waals surface area (Å²) in [5.41, 5.74) is 6.05. The predicted octanol–water partition coefficient (Wildman–Crippen LogP) is 1.59. The number of carbonyl (C=O) groups is 1. The van der Waals surface area contributed by atoms with Gasteiger partial charge in [-0.1, -0.05) is 12.8 Å². The molecule has 4 heteroatoms. The first kappa shape index (κ1) is 14.3. The van der Waals surface area contributed by atoms with Crippen molar-refractivity contribution in [3.05, 3.63) is 0 Å². The van der Waals surface area contributed by atoms with Gasteiger partial charge in [0.05, 0.1) is 0 Å². The molecule has 4 unspecified atom stereocenters. The number of nitrogens with two attached hydrogens (primary N) is 1.